The van der Waals surface area contributed by atoms with Crippen LogP contribution < -0.4 is 10.1 Å². The van der Waals surface area contributed by atoms with Crippen LogP contribution in [0.1, 0.15) is 6.42 Å². The molecule has 150 valence electrons. The van der Waals surface area contributed by atoms with Crippen molar-refractivity contribution in [2.24, 2.45) is 4.99 Å². The van der Waals surface area contributed by atoms with E-state index in [4.69, 9.17) is 9.47 Å². The van der Waals surface area contributed by atoms with Crippen molar-refractivity contribution in [1.82, 2.24) is 15.1 Å². The Kier molecular flexibility index (Phi) is 6.29. The molecule has 2 fully saturated rings. The number of hydrogen-bond donors (Lipinski definition) is 1. The Morgan fingerprint density at radius 3 is 2.82 bits per heavy atom. The van der Waals surface area contributed by atoms with Gasteiger partial charge in [-0.15, -0.1) is 0 Å². The van der Waals surface area contributed by atoms with Crippen LogP contribution in [-0.2, 0) is 4.74 Å². The summed E-state index contributed by atoms with van der Waals surface area (Å²) in [5.74, 6) is 1.90. The normalized spacial score (nSPS) is 21.2. The van der Waals surface area contributed by atoms with Crippen LogP contribution in [0, 0.1) is 0 Å². The summed E-state index contributed by atoms with van der Waals surface area (Å²) < 4.78 is 11.5. The fraction of sp³-hybridized carbons (Fsp3) is 0.500. The van der Waals surface area contributed by atoms with E-state index in [0.29, 0.717) is 12.6 Å². The molecule has 2 heterocycles. The van der Waals surface area contributed by atoms with E-state index in [9.17, 15) is 0 Å². The van der Waals surface area contributed by atoms with Gasteiger partial charge in [-0.2, -0.15) is 0 Å². The van der Waals surface area contributed by atoms with Crippen LogP contribution in [0.5, 0.6) is 5.75 Å². The maximum atomic E-state index is 6.03. The van der Waals surface area contributed by atoms with E-state index < -0.39 is 0 Å². The van der Waals surface area contributed by atoms with Crippen molar-refractivity contribution in [2.75, 3.05) is 59.6 Å². The summed E-state index contributed by atoms with van der Waals surface area (Å²) in [6.45, 7) is 7.22. The molecular formula is C22H30N4O2. The lowest BCUT2D eigenvalue weighted by Crippen LogP contribution is -2.47. The van der Waals surface area contributed by atoms with Crippen LogP contribution in [0.4, 0.5) is 0 Å². The minimum Gasteiger partial charge on any atom is -0.491 e. The van der Waals surface area contributed by atoms with Crippen molar-refractivity contribution in [3.8, 4) is 5.75 Å². The summed E-state index contributed by atoms with van der Waals surface area (Å²) in [5.41, 5.74) is 0. The number of guanidine groups is 1. The minimum absolute atomic E-state index is 0.605. The number of nitrogens with one attached hydrogen (secondary N) is 1. The van der Waals surface area contributed by atoms with E-state index in [2.05, 4.69) is 44.4 Å². The predicted octanol–water partition coefficient (Wildman–Crippen LogP) is 2.20. The highest BCUT2D eigenvalue weighted by Gasteiger charge is 2.30. The molecule has 28 heavy (non-hydrogen) atoms. The third-order valence-corrected chi connectivity index (χ3v) is 5.63. The maximum Gasteiger partial charge on any atom is 0.193 e. The SMILES string of the molecule is CN=C(NCCOc1cccc2ccccc12)N1CCC(N2CCOCC2)C1. The quantitative estimate of drug-likeness (QED) is 0.488. The van der Waals surface area contributed by atoms with Crippen LogP contribution in [0.25, 0.3) is 10.8 Å². The van der Waals surface area contributed by atoms with E-state index in [-0.39, 0.29) is 0 Å². The van der Waals surface area contributed by atoms with Crippen molar-refractivity contribution >= 4 is 16.7 Å². The second-order valence-corrected chi connectivity index (χ2v) is 7.34. The van der Waals surface area contributed by atoms with Gasteiger partial charge in [0.25, 0.3) is 0 Å². The molecule has 2 aromatic rings. The first-order valence-electron chi connectivity index (χ1n) is 10.2. The zero-order valence-corrected chi connectivity index (χ0v) is 16.6. The highest BCUT2D eigenvalue weighted by atomic mass is 16.5. The number of rotatable bonds is 5. The molecule has 4 rings (SSSR count). The Morgan fingerprint density at radius 2 is 1.96 bits per heavy atom. The molecule has 0 bridgehead atoms. The molecule has 0 aliphatic carbocycles. The third kappa shape index (κ3) is 4.39. The van der Waals surface area contributed by atoms with Gasteiger partial charge in [-0.05, 0) is 17.9 Å². The third-order valence-electron chi connectivity index (χ3n) is 5.63. The second kappa shape index (κ2) is 9.26. The first-order chi connectivity index (χ1) is 13.8. The van der Waals surface area contributed by atoms with Crippen molar-refractivity contribution in [1.29, 1.82) is 0 Å². The lowest BCUT2D eigenvalue weighted by atomic mass is 10.1. The van der Waals surface area contributed by atoms with E-state index in [1.54, 1.807) is 0 Å². The summed E-state index contributed by atoms with van der Waals surface area (Å²) in [4.78, 5) is 9.39. The number of morpholine rings is 1. The molecule has 1 unspecified atom stereocenters. The van der Waals surface area contributed by atoms with Gasteiger partial charge in [0.15, 0.2) is 5.96 Å². The van der Waals surface area contributed by atoms with Crippen molar-refractivity contribution < 1.29 is 9.47 Å². The summed E-state index contributed by atoms with van der Waals surface area (Å²) in [5, 5.41) is 5.82. The molecule has 0 radical (unpaired) electrons. The molecule has 6 nitrogen and oxygen atoms in total. The number of fused-ring (bicyclic) bond motifs is 1. The number of ether oxygens (including phenoxy) is 2. The summed E-state index contributed by atoms with van der Waals surface area (Å²) in [6.07, 6.45) is 1.19. The molecule has 6 heteroatoms. The lowest BCUT2D eigenvalue weighted by Gasteiger charge is -2.32. The molecule has 1 atom stereocenters. The molecule has 2 aromatic carbocycles. The molecule has 2 aliphatic rings. The number of hydrogen-bond acceptors (Lipinski definition) is 4. The molecule has 0 saturated carbocycles. The standard InChI is InChI=1S/C22H30N4O2/c1-23-22(26-11-9-19(17-26)25-12-15-27-16-13-25)24-10-14-28-21-8-4-6-18-5-2-3-7-20(18)21/h2-8,19H,9-17H2,1H3,(H,23,24). The van der Waals surface area contributed by atoms with E-state index >= 15 is 0 Å². The first kappa shape index (κ1) is 19.0. The van der Waals surface area contributed by atoms with Crippen LogP contribution >= 0.6 is 0 Å². The molecule has 0 aromatic heterocycles. The molecule has 0 spiro atoms. The van der Waals surface area contributed by atoms with Crippen LogP contribution in [0.3, 0.4) is 0 Å². The van der Waals surface area contributed by atoms with Gasteiger partial charge in [-0.1, -0.05) is 36.4 Å². The van der Waals surface area contributed by atoms with E-state index in [0.717, 1.165) is 63.0 Å². The Balaban J connectivity index is 1.26. The molecule has 1 N–H and O–H groups in total. The molecular weight excluding hydrogens is 352 g/mol. The van der Waals surface area contributed by atoms with Crippen molar-refractivity contribution in [2.45, 2.75) is 12.5 Å². The average Bonchev–Trinajstić information content (AvgIpc) is 3.24. The smallest absolute Gasteiger partial charge is 0.193 e. The summed E-state index contributed by atoms with van der Waals surface area (Å²) >= 11 is 0. The number of benzene rings is 2. The van der Waals surface area contributed by atoms with Gasteiger partial charge >= 0.3 is 0 Å². The van der Waals surface area contributed by atoms with Crippen LogP contribution in [-0.4, -0.2) is 81.4 Å². The zero-order valence-electron chi connectivity index (χ0n) is 16.6. The van der Waals surface area contributed by atoms with Gasteiger partial charge in [0, 0.05) is 44.7 Å². The van der Waals surface area contributed by atoms with Crippen LogP contribution in [0.2, 0.25) is 0 Å². The lowest BCUT2D eigenvalue weighted by molar-refractivity contribution is 0.0195. The Hall–Kier alpha value is -2.31. The van der Waals surface area contributed by atoms with Gasteiger partial charge in [0.05, 0.1) is 19.8 Å². The van der Waals surface area contributed by atoms with Gasteiger partial charge in [0.1, 0.15) is 12.4 Å². The Labute approximate surface area is 167 Å². The van der Waals surface area contributed by atoms with E-state index in [1.807, 2.05) is 25.2 Å². The first-order valence-corrected chi connectivity index (χ1v) is 10.2. The largest absolute Gasteiger partial charge is 0.491 e. The predicted molar refractivity (Wildman–Crippen MR) is 113 cm³/mol. The van der Waals surface area contributed by atoms with E-state index in [1.165, 1.54) is 11.8 Å². The van der Waals surface area contributed by atoms with Crippen molar-refractivity contribution in [3.63, 3.8) is 0 Å². The van der Waals surface area contributed by atoms with Crippen molar-refractivity contribution in [3.05, 3.63) is 42.5 Å². The van der Waals surface area contributed by atoms with Crippen LogP contribution in [0.15, 0.2) is 47.5 Å². The van der Waals surface area contributed by atoms with Gasteiger partial charge in [0.2, 0.25) is 0 Å². The fourth-order valence-electron chi connectivity index (χ4n) is 4.15. The topological polar surface area (TPSA) is 49.3 Å². The Morgan fingerprint density at radius 1 is 1.14 bits per heavy atom. The monoisotopic (exact) mass is 382 g/mol. The number of likely N-dealkylation sites (tertiary alicyclic amines) is 1. The molecule has 0 amide bonds. The Bertz CT molecular complexity index is 799. The summed E-state index contributed by atoms with van der Waals surface area (Å²) in [7, 11) is 1.86. The fourth-order valence-corrected chi connectivity index (χ4v) is 4.15. The second-order valence-electron chi connectivity index (χ2n) is 7.34. The zero-order chi connectivity index (χ0) is 19.2. The molecule has 2 saturated heterocycles. The number of aliphatic imine (C=N–C) groups is 1. The maximum absolute atomic E-state index is 6.03. The number of nitrogens with zero attached hydrogens (tertiary/aromatic N) is 3. The average molecular weight is 383 g/mol. The summed E-state index contributed by atoms with van der Waals surface area (Å²) in [6, 6.07) is 15.1. The molecule has 2 aliphatic heterocycles. The highest BCUT2D eigenvalue weighted by molar-refractivity contribution is 5.88. The van der Waals surface area contributed by atoms with Gasteiger partial charge in [-0.25, -0.2) is 0 Å². The van der Waals surface area contributed by atoms with Gasteiger partial charge < -0.3 is 19.7 Å². The van der Waals surface area contributed by atoms with Gasteiger partial charge in [-0.3, -0.25) is 9.89 Å². The highest BCUT2D eigenvalue weighted by Crippen LogP contribution is 2.25. The minimum atomic E-state index is 0.605.